The first-order valence-corrected chi connectivity index (χ1v) is 5.54. The van der Waals surface area contributed by atoms with Crippen LogP contribution in [0, 0.1) is 0 Å². The van der Waals surface area contributed by atoms with Gasteiger partial charge in [-0.05, 0) is 27.8 Å². The molecule has 6 heteroatoms. The standard InChI is InChI=1S/C6H13N3O.C5H10O2/c1-7-5(10)6(8-2)3-9-4-6;1-5(2,3)7-4-6/h8-9H,3-4H2,1-2H3,(H,7,10);4H,1-3H3. The number of hydrogen-bond donors (Lipinski definition) is 3. The summed E-state index contributed by atoms with van der Waals surface area (Å²) in [6.45, 7) is 7.37. The molecule has 0 unspecified atom stereocenters. The van der Waals surface area contributed by atoms with Gasteiger partial charge in [-0.2, -0.15) is 0 Å². The van der Waals surface area contributed by atoms with E-state index >= 15 is 0 Å². The molecule has 1 amide bonds. The fourth-order valence-corrected chi connectivity index (χ4v) is 1.21. The van der Waals surface area contributed by atoms with Gasteiger partial charge in [-0.1, -0.05) is 0 Å². The van der Waals surface area contributed by atoms with Crippen molar-refractivity contribution in [3.63, 3.8) is 0 Å². The van der Waals surface area contributed by atoms with Gasteiger partial charge in [0.1, 0.15) is 11.1 Å². The van der Waals surface area contributed by atoms with Crippen molar-refractivity contribution in [2.24, 2.45) is 0 Å². The molecule has 0 aromatic rings. The van der Waals surface area contributed by atoms with E-state index in [4.69, 9.17) is 0 Å². The van der Waals surface area contributed by atoms with Gasteiger partial charge in [-0.3, -0.25) is 9.59 Å². The van der Waals surface area contributed by atoms with Gasteiger partial charge in [0.05, 0.1) is 0 Å². The Morgan fingerprint density at radius 2 is 1.88 bits per heavy atom. The molecule has 6 nitrogen and oxygen atoms in total. The number of amides is 1. The topological polar surface area (TPSA) is 79.5 Å². The molecule has 0 radical (unpaired) electrons. The Labute approximate surface area is 102 Å². The summed E-state index contributed by atoms with van der Waals surface area (Å²) in [6.07, 6.45) is 0. The zero-order chi connectivity index (χ0) is 13.5. The lowest BCUT2D eigenvalue weighted by molar-refractivity contribution is -0.138. The quantitative estimate of drug-likeness (QED) is 0.570. The Kier molecular flexibility index (Phi) is 6.12. The van der Waals surface area contributed by atoms with E-state index < -0.39 is 0 Å². The second-order valence-electron chi connectivity index (χ2n) is 4.84. The van der Waals surface area contributed by atoms with Gasteiger partial charge >= 0.3 is 0 Å². The van der Waals surface area contributed by atoms with Crippen molar-refractivity contribution >= 4 is 12.4 Å². The van der Waals surface area contributed by atoms with Crippen molar-refractivity contribution in [3.05, 3.63) is 0 Å². The molecule has 0 aromatic carbocycles. The molecule has 1 aliphatic heterocycles. The zero-order valence-electron chi connectivity index (χ0n) is 11.2. The van der Waals surface area contributed by atoms with E-state index in [1.165, 1.54) is 0 Å². The Hall–Kier alpha value is -1.14. The zero-order valence-corrected chi connectivity index (χ0v) is 11.2. The van der Waals surface area contributed by atoms with Gasteiger partial charge in [0, 0.05) is 20.1 Å². The second-order valence-corrected chi connectivity index (χ2v) is 4.84. The first-order valence-electron chi connectivity index (χ1n) is 5.54. The summed E-state index contributed by atoms with van der Waals surface area (Å²) in [7, 11) is 3.45. The van der Waals surface area contributed by atoms with E-state index in [-0.39, 0.29) is 17.0 Å². The van der Waals surface area contributed by atoms with Crippen LogP contribution in [0.5, 0.6) is 0 Å². The minimum absolute atomic E-state index is 0.0637. The average Bonchev–Trinajstić information content (AvgIpc) is 2.15. The molecule has 0 aliphatic carbocycles. The van der Waals surface area contributed by atoms with E-state index in [1.54, 1.807) is 14.1 Å². The molecule has 3 N–H and O–H groups in total. The van der Waals surface area contributed by atoms with Gasteiger partial charge in [0.2, 0.25) is 5.91 Å². The van der Waals surface area contributed by atoms with E-state index in [2.05, 4.69) is 20.7 Å². The van der Waals surface area contributed by atoms with Gasteiger partial charge < -0.3 is 20.7 Å². The lowest BCUT2D eigenvalue weighted by Crippen LogP contribution is -2.73. The van der Waals surface area contributed by atoms with Crippen molar-refractivity contribution in [1.29, 1.82) is 0 Å². The molecule has 1 aliphatic rings. The molecular formula is C11H23N3O3. The summed E-state index contributed by atoms with van der Waals surface area (Å²) in [4.78, 5) is 20.7. The Bertz CT molecular complexity index is 252. The highest BCUT2D eigenvalue weighted by molar-refractivity contribution is 5.87. The van der Waals surface area contributed by atoms with Crippen LogP contribution in [0.4, 0.5) is 0 Å². The summed E-state index contributed by atoms with van der Waals surface area (Å²) in [5, 5.41) is 8.65. The second kappa shape index (κ2) is 6.56. The molecule has 0 atom stereocenters. The van der Waals surface area contributed by atoms with Gasteiger partial charge in [0.25, 0.3) is 6.47 Å². The predicted molar refractivity (Wildman–Crippen MR) is 65.6 cm³/mol. The summed E-state index contributed by atoms with van der Waals surface area (Å²) in [5.41, 5.74) is -0.656. The molecule has 0 aromatic heterocycles. The minimum atomic E-state index is -0.339. The van der Waals surface area contributed by atoms with Crippen LogP contribution in [0.1, 0.15) is 20.8 Å². The smallest absolute Gasteiger partial charge is 0.293 e. The monoisotopic (exact) mass is 245 g/mol. The number of likely N-dealkylation sites (N-methyl/N-ethyl adjacent to an activating group) is 2. The number of rotatable bonds is 3. The maximum atomic E-state index is 11.1. The molecular weight excluding hydrogens is 222 g/mol. The van der Waals surface area contributed by atoms with Crippen molar-refractivity contribution in [2.75, 3.05) is 27.2 Å². The van der Waals surface area contributed by atoms with Crippen LogP contribution in [0.15, 0.2) is 0 Å². The Morgan fingerprint density at radius 1 is 1.35 bits per heavy atom. The van der Waals surface area contributed by atoms with Crippen LogP contribution in [0.3, 0.4) is 0 Å². The summed E-state index contributed by atoms with van der Waals surface area (Å²) < 4.78 is 4.55. The highest BCUT2D eigenvalue weighted by Crippen LogP contribution is 2.09. The number of carbonyl (C=O) groups is 2. The van der Waals surface area contributed by atoms with Gasteiger partial charge in [-0.15, -0.1) is 0 Å². The van der Waals surface area contributed by atoms with E-state index in [0.717, 1.165) is 13.1 Å². The maximum absolute atomic E-state index is 11.1. The first-order chi connectivity index (χ1) is 7.81. The van der Waals surface area contributed by atoms with Crippen LogP contribution in [-0.4, -0.2) is 50.7 Å². The van der Waals surface area contributed by atoms with Gasteiger partial charge in [0.15, 0.2) is 0 Å². The molecule has 100 valence electrons. The molecule has 17 heavy (non-hydrogen) atoms. The summed E-state index contributed by atoms with van der Waals surface area (Å²) in [6, 6.07) is 0. The SMILES string of the molecule is CC(C)(C)OC=O.CNC(=O)C1(NC)CNC1. The normalized spacial score (nSPS) is 17.0. The van der Waals surface area contributed by atoms with Crippen LogP contribution in [0.2, 0.25) is 0 Å². The summed E-state index contributed by atoms with van der Waals surface area (Å²) in [5.74, 6) is 0.0637. The summed E-state index contributed by atoms with van der Waals surface area (Å²) >= 11 is 0. The molecule has 0 saturated carbocycles. The minimum Gasteiger partial charge on any atom is -0.462 e. The van der Waals surface area contributed by atoms with Crippen molar-refractivity contribution in [3.8, 4) is 0 Å². The van der Waals surface area contributed by atoms with Crippen molar-refractivity contribution in [1.82, 2.24) is 16.0 Å². The molecule has 1 fully saturated rings. The van der Waals surface area contributed by atoms with Crippen LogP contribution < -0.4 is 16.0 Å². The van der Waals surface area contributed by atoms with Crippen molar-refractivity contribution < 1.29 is 14.3 Å². The van der Waals surface area contributed by atoms with Crippen LogP contribution in [-0.2, 0) is 14.3 Å². The van der Waals surface area contributed by atoms with E-state index in [9.17, 15) is 9.59 Å². The number of hydrogen-bond acceptors (Lipinski definition) is 5. The van der Waals surface area contributed by atoms with Crippen molar-refractivity contribution in [2.45, 2.75) is 31.9 Å². The fourth-order valence-electron chi connectivity index (χ4n) is 1.21. The molecule has 1 rings (SSSR count). The lowest BCUT2D eigenvalue weighted by Gasteiger charge is -2.40. The molecule has 0 spiro atoms. The van der Waals surface area contributed by atoms with Crippen LogP contribution >= 0.6 is 0 Å². The first kappa shape index (κ1) is 15.9. The van der Waals surface area contributed by atoms with Gasteiger partial charge in [-0.25, -0.2) is 0 Å². The van der Waals surface area contributed by atoms with Crippen LogP contribution in [0.25, 0.3) is 0 Å². The number of nitrogens with one attached hydrogen (secondary N) is 3. The average molecular weight is 245 g/mol. The largest absolute Gasteiger partial charge is 0.462 e. The third-order valence-corrected chi connectivity index (χ3v) is 2.40. The van der Waals surface area contributed by atoms with E-state index in [1.807, 2.05) is 20.8 Å². The lowest BCUT2D eigenvalue weighted by atomic mass is 9.92. The highest BCUT2D eigenvalue weighted by atomic mass is 16.5. The molecule has 1 saturated heterocycles. The number of ether oxygens (including phenoxy) is 1. The maximum Gasteiger partial charge on any atom is 0.293 e. The predicted octanol–water partition coefficient (Wildman–Crippen LogP) is -0.748. The number of carbonyl (C=O) groups excluding carboxylic acids is 2. The van der Waals surface area contributed by atoms with E-state index in [0.29, 0.717) is 6.47 Å². The molecule has 1 heterocycles. The Morgan fingerprint density at radius 3 is 1.94 bits per heavy atom. The fraction of sp³-hybridized carbons (Fsp3) is 0.818. The highest BCUT2D eigenvalue weighted by Gasteiger charge is 2.41. The Balaban J connectivity index is 0.000000325. The third-order valence-electron chi connectivity index (χ3n) is 2.40. The third kappa shape index (κ3) is 5.14. The molecule has 0 bridgehead atoms.